The molecule has 1 N–H and O–H groups in total. The first-order valence-corrected chi connectivity index (χ1v) is 10.1. The molecule has 1 saturated heterocycles. The van der Waals surface area contributed by atoms with E-state index in [0.29, 0.717) is 6.42 Å². The van der Waals surface area contributed by atoms with E-state index in [9.17, 15) is 4.79 Å². The van der Waals surface area contributed by atoms with Crippen LogP contribution >= 0.6 is 11.8 Å². The van der Waals surface area contributed by atoms with E-state index in [2.05, 4.69) is 30.8 Å². The predicted molar refractivity (Wildman–Crippen MR) is 99.0 cm³/mol. The summed E-state index contributed by atoms with van der Waals surface area (Å²) in [4.78, 5) is 10.4. The Balaban J connectivity index is 2.09. The molecule has 0 amide bonds. The fraction of sp³-hybridized carbons (Fsp3) is 0.737. The van der Waals surface area contributed by atoms with Crippen molar-refractivity contribution < 1.29 is 14.6 Å². The second-order valence-electron chi connectivity index (χ2n) is 6.20. The van der Waals surface area contributed by atoms with E-state index in [1.807, 2.05) is 0 Å². The number of carbonyl (C=O) groups is 1. The maximum atomic E-state index is 10.4. The van der Waals surface area contributed by atoms with Crippen LogP contribution in [0.25, 0.3) is 0 Å². The second kappa shape index (κ2) is 13.7. The van der Waals surface area contributed by atoms with Gasteiger partial charge in [-0.1, -0.05) is 44.4 Å². The molecular weight excluding hydrogens is 308 g/mol. The number of ether oxygens (including phenoxy) is 1. The number of carboxylic acid groups (broad SMARTS) is 1. The van der Waals surface area contributed by atoms with Crippen LogP contribution in [0.4, 0.5) is 0 Å². The number of aliphatic carboxylic acids is 1. The van der Waals surface area contributed by atoms with Crippen molar-refractivity contribution in [3.05, 3.63) is 24.3 Å². The van der Waals surface area contributed by atoms with Gasteiger partial charge in [0.15, 0.2) is 0 Å². The minimum Gasteiger partial charge on any atom is -0.478 e. The third-order valence-corrected chi connectivity index (χ3v) is 5.57. The van der Waals surface area contributed by atoms with Crippen molar-refractivity contribution in [3.8, 4) is 0 Å². The summed E-state index contributed by atoms with van der Waals surface area (Å²) in [5.74, 6) is 3.16. The number of rotatable bonds is 13. The van der Waals surface area contributed by atoms with Crippen molar-refractivity contribution >= 4 is 17.7 Å². The first kappa shape index (κ1) is 20.3. The Morgan fingerprint density at radius 3 is 2.74 bits per heavy atom. The Labute approximate surface area is 145 Å². The van der Waals surface area contributed by atoms with Crippen LogP contribution in [-0.4, -0.2) is 35.8 Å². The standard InChI is InChI=1S/C19H32O3S/c1-2-3-4-9-13-22-14-12-18-16-23-15-17(18)10-7-5-6-8-11-19(20)21/h5,7-8,11,17-18H,2-4,6,9-10,12-16H2,1H3,(H,20,21)/t17-,18+/m0/s1. The molecule has 4 heteroatoms. The molecule has 3 nitrogen and oxygen atoms in total. The van der Waals surface area contributed by atoms with Gasteiger partial charge in [0.25, 0.3) is 0 Å². The first-order valence-electron chi connectivity index (χ1n) is 8.94. The van der Waals surface area contributed by atoms with E-state index in [1.165, 1.54) is 49.7 Å². The maximum absolute atomic E-state index is 10.4. The average Bonchev–Trinajstić information content (AvgIpc) is 2.97. The van der Waals surface area contributed by atoms with Crippen LogP contribution in [0.15, 0.2) is 24.3 Å². The number of hydrogen-bond donors (Lipinski definition) is 1. The van der Waals surface area contributed by atoms with Crippen molar-refractivity contribution in [2.75, 3.05) is 24.7 Å². The molecule has 1 rings (SSSR count). The Hall–Kier alpha value is -0.740. The van der Waals surface area contributed by atoms with Crippen LogP contribution in [0.1, 0.15) is 51.9 Å². The largest absolute Gasteiger partial charge is 0.478 e. The normalized spacial score (nSPS) is 21.6. The lowest BCUT2D eigenvalue weighted by Gasteiger charge is -2.17. The molecule has 0 radical (unpaired) electrons. The highest BCUT2D eigenvalue weighted by molar-refractivity contribution is 7.99. The van der Waals surface area contributed by atoms with Crippen LogP contribution in [0.3, 0.4) is 0 Å². The lowest BCUT2D eigenvalue weighted by atomic mass is 9.90. The second-order valence-corrected chi connectivity index (χ2v) is 7.28. The number of allylic oxidation sites excluding steroid dienone is 3. The molecule has 0 aromatic carbocycles. The molecule has 0 bridgehead atoms. The molecule has 0 spiro atoms. The van der Waals surface area contributed by atoms with E-state index in [0.717, 1.165) is 31.5 Å². The highest BCUT2D eigenvalue weighted by atomic mass is 32.2. The van der Waals surface area contributed by atoms with Gasteiger partial charge < -0.3 is 9.84 Å². The zero-order chi connectivity index (χ0) is 16.8. The number of carboxylic acids is 1. The van der Waals surface area contributed by atoms with Gasteiger partial charge in [-0.3, -0.25) is 0 Å². The summed E-state index contributed by atoms with van der Waals surface area (Å²) in [6, 6.07) is 0. The van der Waals surface area contributed by atoms with Crippen molar-refractivity contribution in [1.82, 2.24) is 0 Å². The minimum absolute atomic E-state index is 0.706. The Kier molecular flexibility index (Phi) is 12.1. The summed E-state index contributed by atoms with van der Waals surface area (Å²) in [5, 5.41) is 8.51. The van der Waals surface area contributed by atoms with Gasteiger partial charge in [-0.2, -0.15) is 11.8 Å². The van der Waals surface area contributed by atoms with Crippen LogP contribution < -0.4 is 0 Å². The topological polar surface area (TPSA) is 46.5 Å². The third kappa shape index (κ3) is 10.6. The van der Waals surface area contributed by atoms with E-state index >= 15 is 0 Å². The summed E-state index contributed by atoms with van der Waals surface area (Å²) < 4.78 is 5.78. The van der Waals surface area contributed by atoms with Gasteiger partial charge in [-0.05, 0) is 49.0 Å². The highest BCUT2D eigenvalue weighted by Crippen LogP contribution is 2.34. The zero-order valence-corrected chi connectivity index (χ0v) is 15.2. The quantitative estimate of drug-likeness (QED) is 0.293. The fourth-order valence-corrected chi connectivity index (χ4v) is 4.39. The van der Waals surface area contributed by atoms with Crippen molar-refractivity contribution in [1.29, 1.82) is 0 Å². The van der Waals surface area contributed by atoms with Gasteiger partial charge in [0.05, 0.1) is 0 Å². The molecular formula is C19H32O3S. The van der Waals surface area contributed by atoms with Crippen LogP contribution in [0.5, 0.6) is 0 Å². The SMILES string of the molecule is CCCCCCOCC[C@@H]1CSC[C@@H]1CC=CCC=CC(=O)O. The molecule has 1 aliphatic rings. The molecule has 0 saturated carbocycles. The smallest absolute Gasteiger partial charge is 0.327 e. The maximum Gasteiger partial charge on any atom is 0.327 e. The monoisotopic (exact) mass is 340 g/mol. The van der Waals surface area contributed by atoms with Crippen molar-refractivity contribution in [2.24, 2.45) is 11.8 Å². The number of unbranched alkanes of at least 4 members (excludes halogenated alkanes) is 3. The van der Waals surface area contributed by atoms with Gasteiger partial charge in [0.2, 0.25) is 0 Å². The molecule has 132 valence electrons. The first-order chi connectivity index (χ1) is 11.2. The highest BCUT2D eigenvalue weighted by Gasteiger charge is 2.26. The number of thioether (sulfide) groups is 1. The van der Waals surface area contributed by atoms with Crippen molar-refractivity contribution in [2.45, 2.75) is 51.9 Å². The third-order valence-electron chi connectivity index (χ3n) is 4.24. The van der Waals surface area contributed by atoms with Crippen LogP contribution in [0.2, 0.25) is 0 Å². The minimum atomic E-state index is -0.875. The predicted octanol–water partition coefficient (Wildman–Crippen LogP) is 4.93. The zero-order valence-electron chi connectivity index (χ0n) is 14.4. The Morgan fingerprint density at radius 2 is 1.96 bits per heavy atom. The van der Waals surface area contributed by atoms with Gasteiger partial charge in [0.1, 0.15) is 0 Å². The van der Waals surface area contributed by atoms with Gasteiger partial charge >= 0.3 is 5.97 Å². The van der Waals surface area contributed by atoms with Gasteiger partial charge in [0, 0.05) is 19.3 Å². The molecule has 0 aliphatic carbocycles. The van der Waals surface area contributed by atoms with Crippen LogP contribution in [-0.2, 0) is 9.53 Å². The van der Waals surface area contributed by atoms with Gasteiger partial charge in [-0.15, -0.1) is 0 Å². The van der Waals surface area contributed by atoms with E-state index in [-0.39, 0.29) is 0 Å². The fourth-order valence-electron chi connectivity index (χ4n) is 2.80. The van der Waals surface area contributed by atoms with Crippen molar-refractivity contribution in [3.63, 3.8) is 0 Å². The molecule has 23 heavy (non-hydrogen) atoms. The molecule has 0 aromatic heterocycles. The summed E-state index contributed by atoms with van der Waals surface area (Å²) in [5.41, 5.74) is 0. The van der Waals surface area contributed by atoms with E-state index < -0.39 is 5.97 Å². The van der Waals surface area contributed by atoms with E-state index in [1.54, 1.807) is 6.08 Å². The summed E-state index contributed by atoms with van der Waals surface area (Å²) in [6.45, 7) is 4.05. The number of hydrogen-bond acceptors (Lipinski definition) is 3. The molecule has 0 unspecified atom stereocenters. The summed E-state index contributed by atoms with van der Waals surface area (Å²) in [7, 11) is 0. The summed E-state index contributed by atoms with van der Waals surface area (Å²) >= 11 is 2.06. The lowest BCUT2D eigenvalue weighted by Crippen LogP contribution is -2.14. The Bertz CT molecular complexity index is 366. The molecule has 1 aliphatic heterocycles. The van der Waals surface area contributed by atoms with E-state index in [4.69, 9.17) is 9.84 Å². The van der Waals surface area contributed by atoms with Crippen LogP contribution in [0, 0.1) is 11.8 Å². The van der Waals surface area contributed by atoms with Gasteiger partial charge in [-0.25, -0.2) is 4.79 Å². The molecule has 2 atom stereocenters. The lowest BCUT2D eigenvalue weighted by molar-refractivity contribution is -0.131. The molecule has 1 heterocycles. The molecule has 0 aromatic rings. The summed E-state index contributed by atoms with van der Waals surface area (Å²) in [6.07, 6.45) is 15.3. The average molecular weight is 341 g/mol. The molecule has 1 fully saturated rings. The Morgan fingerprint density at radius 1 is 1.13 bits per heavy atom.